The lowest BCUT2D eigenvalue weighted by atomic mass is 10.0. The van der Waals surface area contributed by atoms with E-state index in [-0.39, 0.29) is 5.91 Å². The second-order valence-corrected chi connectivity index (χ2v) is 7.09. The van der Waals surface area contributed by atoms with Gasteiger partial charge in [-0.2, -0.15) is 0 Å². The standard InChI is InChI=1S/C16H22N6OS/c1-11-18-13(8-14(19-11)20-16-17-5-7-24-16)12-4-6-22(9-12)10-15(23)21(2)3/h5,7-8,12H,4,6,9-10H2,1-3H3,(H,17,18,19,20). The topological polar surface area (TPSA) is 74.2 Å². The van der Waals surface area contributed by atoms with Crippen LogP contribution in [0.25, 0.3) is 0 Å². The molecule has 1 aliphatic rings. The number of rotatable bonds is 5. The van der Waals surface area contributed by atoms with Crippen molar-refractivity contribution in [2.24, 2.45) is 0 Å². The molecule has 1 amide bonds. The van der Waals surface area contributed by atoms with Crippen molar-refractivity contribution in [3.63, 3.8) is 0 Å². The first-order chi connectivity index (χ1) is 11.5. The summed E-state index contributed by atoms with van der Waals surface area (Å²) in [6.07, 6.45) is 2.77. The molecule has 2 aromatic heterocycles. The predicted molar refractivity (Wildman–Crippen MR) is 94.7 cm³/mol. The normalized spacial score (nSPS) is 17.9. The number of carbonyl (C=O) groups excluding carboxylic acids is 1. The van der Waals surface area contributed by atoms with Gasteiger partial charge in [-0.3, -0.25) is 9.69 Å². The van der Waals surface area contributed by atoms with Gasteiger partial charge in [-0.1, -0.05) is 0 Å². The molecule has 1 unspecified atom stereocenters. The second-order valence-electron chi connectivity index (χ2n) is 6.20. The maximum atomic E-state index is 11.9. The third kappa shape index (κ3) is 4.07. The Bertz CT molecular complexity index is 703. The number of aryl methyl sites for hydroxylation is 1. The summed E-state index contributed by atoms with van der Waals surface area (Å²) in [6.45, 7) is 4.14. The first-order valence-electron chi connectivity index (χ1n) is 7.96. The fourth-order valence-electron chi connectivity index (χ4n) is 2.81. The molecule has 7 nitrogen and oxygen atoms in total. The van der Waals surface area contributed by atoms with Crippen LogP contribution in [0.5, 0.6) is 0 Å². The van der Waals surface area contributed by atoms with Gasteiger partial charge in [0.1, 0.15) is 11.6 Å². The van der Waals surface area contributed by atoms with Crippen molar-refractivity contribution in [1.82, 2.24) is 24.8 Å². The Labute approximate surface area is 145 Å². The molecule has 0 saturated carbocycles. The van der Waals surface area contributed by atoms with E-state index < -0.39 is 0 Å². The average Bonchev–Trinajstić information content (AvgIpc) is 3.18. The van der Waals surface area contributed by atoms with Crippen LogP contribution in [0.3, 0.4) is 0 Å². The van der Waals surface area contributed by atoms with Crippen LogP contribution in [0.15, 0.2) is 17.6 Å². The molecule has 0 aliphatic carbocycles. The molecule has 8 heteroatoms. The molecule has 3 rings (SSSR count). The van der Waals surface area contributed by atoms with Crippen LogP contribution in [0, 0.1) is 6.92 Å². The van der Waals surface area contributed by atoms with Crippen molar-refractivity contribution in [3.05, 3.63) is 29.2 Å². The van der Waals surface area contributed by atoms with Gasteiger partial charge >= 0.3 is 0 Å². The molecule has 0 aromatic carbocycles. The lowest BCUT2D eigenvalue weighted by Gasteiger charge is -2.18. The monoisotopic (exact) mass is 346 g/mol. The summed E-state index contributed by atoms with van der Waals surface area (Å²) in [6, 6.07) is 2.00. The number of hydrogen-bond donors (Lipinski definition) is 1. The van der Waals surface area contributed by atoms with E-state index in [1.165, 1.54) is 11.3 Å². The van der Waals surface area contributed by atoms with Crippen molar-refractivity contribution < 1.29 is 4.79 Å². The smallest absolute Gasteiger partial charge is 0.236 e. The molecule has 0 radical (unpaired) electrons. The largest absolute Gasteiger partial charge is 0.348 e. The first-order valence-corrected chi connectivity index (χ1v) is 8.84. The Morgan fingerprint density at radius 2 is 2.29 bits per heavy atom. The molecule has 128 valence electrons. The van der Waals surface area contributed by atoms with Gasteiger partial charge in [0.25, 0.3) is 0 Å². The Morgan fingerprint density at radius 3 is 3.00 bits per heavy atom. The van der Waals surface area contributed by atoms with Gasteiger partial charge in [-0.05, 0) is 19.9 Å². The number of amides is 1. The van der Waals surface area contributed by atoms with Crippen LogP contribution in [-0.4, -0.2) is 64.4 Å². The summed E-state index contributed by atoms with van der Waals surface area (Å²) in [4.78, 5) is 29.0. The van der Waals surface area contributed by atoms with Gasteiger partial charge in [0.15, 0.2) is 5.13 Å². The number of carbonyl (C=O) groups is 1. The Hall–Kier alpha value is -2.06. The number of anilines is 2. The number of nitrogens with zero attached hydrogens (tertiary/aromatic N) is 5. The van der Waals surface area contributed by atoms with E-state index in [1.807, 2.05) is 18.4 Å². The summed E-state index contributed by atoms with van der Waals surface area (Å²) < 4.78 is 0. The molecule has 1 aliphatic heterocycles. The minimum absolute atomic E-state index is 0.139. The van der Waals surface area contributed by atoms with Gasteiger partial charge in [-0.25, -0.2) is 15.0 Å². The van der Waals surface area contributed by atoms with Crippen molar-refractivity contribution in [1.29, 1.82) is 0 Å². The summed E-state index contributed by atoms with van der Waals surface area (Å²) >= 11 is 1.54. The minimum Gasteiger partial charge on any atom is -0.348 e. The second kappa shape index (κ2) is 7.23. The van der Waals surface area contributed by atoms with Gasteiger partial charge in [0.05, 0.1) is 12.2 Å². The van der Waals surface area contributed by atoms with E-state index in [0.717, 1.165) is 42.0 Å². The number of hydrogen-bond acceptors (Lipinski definition) is 7. The van der Waals surface area contributed by atoms with Crippen LogP contribution >= 0.6 is 11.3 Å². The van der Waals surface area contributed by atoms with Crippen molar-refractivity contribution >= 4 is 28.2 Å². The highest BCUT2D eigenvalue weighted by Gasteiger charge is 2.27. The van der Waals surface area contributed by atoms with E-state index in [9.17, 15) is 4.79 Å². The third-order valence-electron chi connectivity index (χ3n) is 4.07. The molecule has 24 heavy (non-hydrogen) atoms. The molecule has 1 atom stereocenters. The molecule has 1 saturated heterocycles. The number of aromatic nitrogens is 3. The highest BCUT2D eigenvalue weighted by Crippen LogP contribution is 2.28. The van der Waals surface area contributed by atoms with Crippen LogP contribution in [0.2, 0.25) is 0 Å². The van der Waals surface area contributed by atoms with Crippen molar-refractivity contribution in [2.45, 2.75) is 19.3 Å². The highest BCUT2D eigenvalue weighted by atomic mass is 32.1. The molecule has 1 N–H and O–H groups in total. The SMILES string of the molecule is Cc1nc(Nc2nccs2)cc(C2CCN(CC(=O)N(C)C)C2)n1. The number of nitrogens with one attached hydrogen (secondary N) is 1. The van der Waals surface area contributed by atoms with Crippen LogP contribution in [0.1, 0.15) is 23.9 Å². The van der Waals surface area contributed by atoms with E-state index in [1.54, 1.807) is 25.2 Å². The molecule has 1 fully saturated rings. The summed E-state index contributed by atoms with van der Waals surface area (Å²) in [7, 11) is 3.58. The zero-order chi connectivity index (χ0) is 17.1. The third-order valence-corrected chi connectivity index (χ3v) is 4.76. The predicted octanol–water partition coefficient (Wildman–Crippen LogP) is 1.86. The zero-order valence-corrected chi connectivity index (χ0v) is 15.0. The first kappa shape index (κ1) is 16.8. The number of likely N-dealkylation sites (tertiary alicyclic amines) is 1. The molecular weight excluding hydrogens is 324 g/mol. The van der Waals surface area contributed by atoms with Crippen LogP contribution in [-0.2, 0) is 4.79 Å². The maximum Gasteiger partial charge on any atom is 0.236 e. The minimum atomic E-state index is 0.139. The Morgan fingerprint density at radius 1 is 1.46 bits per heavy atom. The molecular formula is C16H22N6OS. The van der Waals surface area contributed by atoms with E-state index in [0.29, 0.717) is 12.5 Å². The quantitative estimate of drug-likeness (QED) is 0.891. The zero-order valence-electron chi connectivity index (χ0n) is 14.2. The summed E-state index contributed by atoms with van der Waals surface area (Å²) in [5.41, 5.74) is 1.03. The summed E-state index contributed by atoms with van der Waals surface area (Å²) in [5.74, 6) is 1.99. The van der Waals surface area contributed by atoms with E-state index in [2.05, 4.69) is 25.2 Å². The fraction of sp³-hybridized carbons (Fsp3) is 0.500. The van der Waals surface area contributed by atoms with Gasteiger partial charge in [-0.15, -0.1) is 11.3 Å². The molecule has 0 spiro atoms. The fourth-order valence-corrected chi connectivity index (χ4v) is 3.34. The van der Waals surface area contributed by atoms with Gasteiger partial charge < -0.3 is 10.2 Å². The van der Waals surface area contributed by atoms with Crippen LogP contribution in [0.4, 0.5) is 10.9 Å². The van der Waals surface area contributed by atoms with Crippen LogP contribution < -0.4 is 5.32 Å². The lowest BCUT2D eigenvalue weighted by molar-refractivity contribution is -0.129. The Balaban J connectivity index is 1.68. The molecule has 3 heterocycles. The van der Waals surface area contributed by atoms with Gasteiger partial charge in [0, 0.05) is 44.2 Å². The van der Waals surface area contributed by atoms with Gasteiger partial charge in [0.2, 0.25) is 5.91 Å². The number of thiazole rings is 1. The number of likely N-dealkylation sites (N-methyl/N-ethyl adjacent to an activating group) is 1. The highest BCUT2D eigenvalue weighted by molar-refractivity contribution is 7.13. The Kier molecular flexibility index (Phi) is 5.06. The molecule has 2 aromatic rings. The van der Waals surface area contributed by atoms with E-state index >= 15 is 0 Å². The van der Waals surface area contributed by atoms with Crippen molar-refractivity contribution in [2.75, 3.05) is 39.0 Å². The maximum absolute atomic E-state index is 11.9. The van der Waals surface area contributed by atoms with E-state index in [4.69, 9.17) is 0 Å². The average molecular weight is 346 g/mol. The molecule has 0 bridgehead atoms. The van der Waals surface area contributed by atoms with Crippen molar-refractivity contribution in [3.8, 4) is 0 Å². The summed E-state index contributed by atoms with van der Waals surface area (Å²) in [5, 5.41) is 5.98. The lowest BCUT2D eigenvalue weighted by Crippen LogP contribution is -2.35.